The van der Waals surface area contributed by atoms with Gasteiger partial charge < -0.3 is 15.8 Å². The van der Waals surface area contributed by atoms with Crippen LogP contribution in [0.25, 0.3) is 0 Å². The Morgan fingerprint density at radius 1 is 1.47 bits per heavy atom. The summed E-state index contributed by atoms with van der Waals surface area (Å²) in [5, 5.41) is 2.77. The Kier molecular flexibility index (Phi) is 3.60. The van der Waals surface area contributed by atoms with E-state index in [2.05, 4.69) is 5.32 Å². The number of carbonyl (C=O) groups excluding carboxylic acids is 1. The second-order valence-corrected chi connectivity index (χ2v) is 5.35. The molecule has 0 bridgehead atoms. The second-order valence-electron chi connectivity index (χ2n) is 5.35. The Morgan fingerprint density at radius 3 is 2.40 bits per heavy atom. The summed E-state index contributed by atoms with van der Waals surface area (Å²) in [5.74, 6) is 0.579. The van der Waals surface area contributed by atoms with E-state index >= 15 is 0 Å². The SMILES string of the molecule is C[C@H](NC(=O)OC(C)(C)C)[C@H](N)C1CC1. The Labute approximate surface area is 91.5 Å². The van der Waals surface area contributed by atoms with Gasteiger partial charge >= 0.3 is 6.09 Å². The third kappa shape index (κ3) is 4.51. The zero-order valence-electron chi connectivity index (χ0n) is 10.0. The van der Waals surface area contributed by atoms with Crippen LogP contribution in [-0.4, -0.2) is 23.8 Å². The topological polar surface area (TPSA) is 64.3 Å². The van der Waals surface area contributed by atoms with Crippen molar-refractivity contribution in [3.8, 4) is 0 Å². The summed E-state index contributed by atoms with van der Waals surface area (Å²) in [7, 11) is 0. The van der Waals surface area contributed by atoms with E-state index in [1.54, 1.807) is 0 Å². The smallest absolute Gasteiger partial charge is 0.407 e. The predicted molar refractivity (Wildman–Crippen MR) is 59.5 cm³/mol. The van der Waals surface area contributed by atoms with E-state index in [0.29, 0.717) is 5.92 Å². The first kappa shape index (κ1) is 12.3. The first-order chi connectivity index (χ1) is 6.79. The van der Waals surface area contributed by atoms with Gasteiger partial charge in [-0.2, -0.15) is 0 Å². The van der Waals surface area contributed by atoms with E-state index in [1.807, 2.05) is 27.7 Å². The van der Waals surface area contributed by atoms with E-state index in [0.717, 1.165) is 0 Å². The molecular formula is C11H22N2O2. The average Bonchev–Trinajstić information content (AvgIpc) is 2.80. The Hall–Kier alpha value is -0.770. The first-order valence-corrected chi connectivity index (χ1v) is 5.54. The summed E-state index contributed by atoms with van der Waals surface area (Å²) in [4.78, 5) is 11.4. The maximum atomic E-state index is 11.4. The molecule has 1 amide bonds. The monoisotopic (exact) mass is 214 g/mol. The molecule has 0 heterocycles. The lowest BCUT2D eigenvalue weighted by Crippen LogP contribution is -2.48. The van der Waals surface area contributed by atoms with Crippen LogP contribution in [-0.2, 0) is 4.74 Å². The first-order valence-electron chi connectivity index (χ1n) is 5.54. The van der Waals surface area contributed by atoms with Crippen LogP contribution in [0.5, 0.6) is 0 Å². The van der Waals surface area contributed by atoms with Gasteiger partial charge in [0.2, 0.25) is 0 Å². The van der Waals surface area contributed by atoms with Crippen molar-refractivity contribution >= 4 is 6.09 Å². The molecule has 0 radical (unpaired) electrons. The van der Waals surface area contributed by atoms with Gasteiger partial charge in [0.15, 0.2) is 0 Å². The minimum atomic E-state index is -0.451. The molecule has 0 aromatic carbocycles. The van der Waals surface area contributed by atoms with Gasteiger partial charge in [0, 0.05) is 12.1 Å². The highest BCUT2D eigenvalue weighted by atomic mass is 16.6. The van der Waals surface area contributed by atoms with Crippen LogP contribution in [0.3, 0.4) is 0 Å². The fourth-order valence-electron chi connectivity index (χ4n) is 1.48. The van der Waals surface area contributed by atoms with Crippen molar-refractivity contribution in [1.29, 1.82) is 0 Å². The Balaban J connectivity index is 2.30. The molecule has 1 aliphatic rings. The average molecular weight is 214 g/mol. The van der Waals surface area contributed by atoms with Gasteiger partial charge in [-0.25, -0.2) is 4.79 Å². The van der Waals surface area contributed by atoms with Crippen LogP contribution < -0.4 is 11.1 Å². The summed E-state index contributed by atoms with van der Waals surface area (Å²) in [5.41, 5.74) is 5.51. The molecule has 0 saturated heterocycles. The second kappa shape index (κ2) is 4.39. The van der Waals surface area contributed by atoms with Crippen LogP contribution in [0, 0.1) is 5.92 Å². The third-order valence-corrected chi connectivity index (χ3v) is 2.49. The fraction of sp³-hybridized carbons (Fsp3) is 0.909. The zero-order chi connectivity index (χ0) is 11.6. The highest BCUT2D eigenvalue weighted by Gasteiger charge is 2.33. The van der Waals surface area contributed by atoms with Crippen molar-refractivity contribution in [1.82, 2.24) is 5.32 Å². The molecule has 3 N–H and O–H groups in total. The lowest BCUT2D eigenvalue weighted by Gasteiger charge is -2.24. The molecule has 0 spiro atoms. The Morgan fingerprint density at radius 2 is 2.00 bits per heavy atom. The Bertz CT molecular complexity index is 231. The summed E-state index contributed by atoms with van der Waals surface area (Å²) < 4.78 is 5.15. The summed E-state index contributed by atoms with van der Waals surface area (Å²) in [6, 6.07) is 0.0323. The van der Waals surface area contributed by atoms with Gasteiger partial charge in [0.25, 0.3) is 0 Å². The minimum absolute atomic E-state index is 0.0210. The number of ether oxygens (including phenoxy) is 1. The van der Waals surface area contributed by atoms with Gasteiger partial charge in [-0.1, -0.05) is 0 Å². The van der Waals surface area contributed by atoms with Crippen LogP contribution in [0.2, 0.25) is 0 Å². The summed E-state index contributed by atoms with van der Waals surface area (Å²) >= 11 is 0. The molecule has 0 aromatic rings. The van der Waals surface area contributed by atoms with Crippen LogP contribution in [0.15, 0.2) is 0 Å². The summed E-state index contributed by atoms with van der Waals surface area (Å²) in [6.45, 7) is 7.46. The van der Waals surface area contributed by atoms with Crippen LogP contribution in [0.4, 0.5) is 4.79 Å². The van der Waals surface area contributed by atoms with Crippen molar-refractivity contribution in [3.05, 3.63) is 0 Å². The maximum Gasteiger partial charge on any atom is 0.407 e. The van der Waals surface area contributed by atoms with E-state index in [4.69, 9.17) is 10.5 Å². The number of alkyl carbamates (subject to hydrolysis) is 1. The van der Waals surface area contributed by atoms with Crippen molar-refractivity contribution in [3.63, 3.8) is 0 Å². The molecule has 4 nitrogen and oxygen atoms in total. The molecule has 1 fully saturated rings. The normalized spacial score (nSPS) is 20.6. The lowest BCUT2D eigenvalue weighted by atomic mass is 10.1. The number of nitrogens with one attached hydrogen (secondary N) is 1. The largest absolute Gasteiger partial charge is 0.444 e. The molecule has 2 atom stereocenters. The van der Waals surface area contributed by atoms with Gasteiger partial charge in [-0.3, -0.25) is 0 Å². The molecule has 88 valence electrons. The van der Waals surface area contributed by atoms with Crippen molar-refractivity contribution < 1.29 is 9.53 Å². The summed E-state index contributed by atoms with van der Waals surface area (Å²) in [6.07, 6.45) is 1.98. The maximum absolute atomic E-state index is 11.4. The third-order valence-electron chi connectivity index (χ3n) is 2.49. The molecule has 0 unspecified atom stereocenters. The van der Waals surface area contributed by atoms with E-state index in [9.17, 15) is 4.79 Å². The van der Waals surface area contributed by atoms with Crippen molar-refractivity contribution in [2.45, 2.75) is 58.2 Å². The number of hydrogen-bond acceptors (Lipinski definition) is 3. The number of carbonyl (C=O) groups is 1. The predicted octanol–water partition coefficient (Wildman–Crippen LogP) is 1.64. The fourth-order valence-corrected chi connectivity index (χ4v) is 1.48. The van der Waals surface area contributed by atoms with E-state index in [-0.39, 0.29) is 18.2 Å². The van der Waals surface area contributed by atoms with Gasteiger partial charge in [-0.05, 0) is 46.5 Å². The van der Waals surface area contributed by atoms with Crippen molar-refractivity contribution in [2.24, 2.45) is 11.7 Å². The molecule has 1 saturated carbocycles. The molecule has 0 aliphatic heterocycles. The standard InChI is InChI=1S/C11H22N2O2/c1-7(9(12)8-5-6-8)13-10(14)15-11(2,3)4/h7-9H,5-6,12H2,1-4H3,(H,13,14)/t7-,9-/m0/s1. The van der Waals surface area contributed by atoms with Crippen LogP contribution in [0.1, 0.15) is 40.5 Å². The number of nitrogens with two attached hydrogens (primary N) is 1. The van der Waals surface area contributed by atoms with Gasteiger partial charge in [0.1, 0.15) is 5.60 Å². The molecule has 15 heavy (non-hydrogen) atoms. The van der Waals surface area contributed by atoms with Crippen molar-refractivity contribution in [2.75, 3.05) is 0 Å². The zero-order valence-corrected chi connectivity index (χ0v) is 10.0. The van der Waals surface area contributed by atoms with Crippen LogP contribution >= 0.6 is 0 Å². The highest BCUT2D eigenvalue weighted by Crippen LogP contribution is 2.32. The molecular weight excluding hydrogens is 192 g/mol. The molecule has 1 rings (SSSR count). The van der Waals surface area contributed by atoms with Gasteiger partial charge in [-0.15, -0.1) is 0 Å². The number of amides is 1. The minimum Gasteiger partial charge on any atom is -0.444 e. The van der Waals surface area contributed by atoms with Gasteiger partial charge in [0.05, 0.1) is 0 Å². The molecule has 4 heteroatoms. The number of hydrogen-bond donors (Lipinski definition) is 2. The van der Waals surface area contributed by atoms with E-state index < -0.39 is 5.60 Å². The van der Waals surface area contributed by atoms with E-state index in [1.165, 1.54) is 12.8 Å². The molecule has 0 aromatic heterocycles. The highest BCUT2D eigenvalue weighted by molar-refractivity contribution is 5.68. The quantitative estimate of drug-likeness (QED) is 0.750. The molecule has 1 aliphatic carbocycles. The lowest BCUT2D eigenvalue weighted by molar-refractivity contribution is 0.0499. The number of rotatable bonds is 3.